The molecule has 1 atom stereocenters. The van der Waals surface area contributed by atoms with Gasteiger partial charge >= 0.3 is 5.97 Å². The van der Waals surface area contributed by atoms with Gasteiger partial charge in [-0.2, -0.15) is 0 Å². The molecule has 0 aromatic rings. The summed E-state index contributed by atoms with van der Waals surface area (Å²) in [6.45, 7) is 1.62. The van der Waals surface area contributed by atoms with E-state index in [4.69, 9.17) is 5.84 Å². The smallest absolute Gasteiger partial charge is 0.328 e. The topological polar surface area (TPSA) is 76.4 Å². The molecule has 0 amide bonds. The van der Waals surface area contributed by atoms with Gasteiger partial charge in [-0.15, -0.1) is 0 Å². The van der Waals surface area contributed by atoms with Gasteiger partial charge in [-0.1, -0.05) is 0 Å². The summed E-state index contributed by atoms with van der Waals surface area (Å²) in [7, 11) is 1.30. The van der Waals surface area contributed by atoms with Crippen molar-refractivity contribution in [2.45, 2.75) is 13.0 Å². The summed E-state index contributed by atoms with van der Waals surface area (Å²) in [6, 6.07) is -0.483. The van der Waals surface area contributed by atoms with E-state index in [9.17, 15) is 4.79 Å². The third-order valence-electron chi connectivity index (χ3n) is 1.03. The van der Waals surface area contributed by atoms with E-state index in [2.05, 4.69) is 27.7 Å². The van der Waals surface area contributed by atoms with Crippen LogP contribution in [-0.2, 0) is 9.53 Å². The van der Waals surface area contributed by atoms with Crippen molar-refractivity contribution in [1.29, 1.82) is 0 Å². The van der Waals surface area contributed by atoms with Crippen molar-refractivity contribution in [3.8, 4) is 0 Å². The highest BCUT2D eigenvalue weighted by Gasteiger charge is 2.12. The standard InChI is InChI=1S/C5H11N3O2S/c1-3(4(9)10-2)7-5(11)8-6/h3H,6H2,1-2H3,(H2,7,8,11). The van der Waals surface area contributed by atoms with Crippen LogP contribution in [0.15, 0.2) is 0 Å². The number of methoxy groups -OCH3 is 1. The van der Waals surface area contributed by atoms with Crippen LogP contribution in [0.3, 0.4) is 0 Å². The predicted octanol–water partition coefficient (Wildman–Crippen LogP) is -1.11. The molecule has 0 aliphatic heterocycles. The molecular weight excluding hydrogens is 166 g/mol. The number of thiocarbonyl (C=S) groups is 1. The molecule has 0 aliphatic carbocycles. The molecule has 0 radical (unpaired) electrons. The third-order valence-corrected chi connectivity index (χ3v) is 1.27. The van der Waals surface area contributed by atoms with Gasteiger partial charge in [0.1, 0.15) is 6.04 Å². The van der Waals surface area contributed by atoms with E-state index >= 15 is 0 Å². The first kappa shape index (κ1) is 10.1. The zero-order chi connectivity index (χ0) is 8.85. The monoisotopic (exact) mass is 177 g/mol. The number of hydrogen-bond donors (Lipinski definition) is 3. The number of hydrazine groups is 1. The van der Waals surface area contributed by atoms with Crippen LogP contribution in [-0.4, -0.2) is 24.2 Å². The lowest BCUT2D eigenvalue weighted by Gasteiger charge is -2.12. The largest absolute Gasteiger partial charge is 0.467 e. The highest BCUT2D eigenvalue weighted by molar-refractivity contribution is 7.80. The lowest BCUT2D eigenvalue weighted by molar-refractivity contribution is -0.142. The number of rotatable bonds is 2. The van der Waals surface area contributed by atoms with Crippen molar-refractivity contribution in [3.05, 3.63) is 0 Å². The number of carbonyl (C=O) groups excluding carboxylic acids is 1. The van der Waals surface area contributed by atoms with Crippen molar-refractivity contribution in [2.24, 2.45) is 5.84 Å². The van der Waals surface area contributed by atoms with Crippen LogP contribution < -0.4 is 16.6 Å². The van der Waals surface area contributed by atoms with Crippen LogP contribution >= 0.6 is 12.2 Å². The van der Waals surface area contributed by atoms with Crippen molar-refractivity contribution in [3.63, 3.8) is 0 Å². The second-order valence-electron chi connectivity index (χ2n) is 1.86. The van der Waals surface area contributed by atoms with Gasteiger partial charge in [0.25, 0.3) is 0 Å². The van der Waals surface area contributed by atoms with Gasteiger partial charge in [-0.05, 0) is 19.1 Å². The molecule has 0 aromatic carbocycles. The lowest BCUT2D eigenvalue weighted by atomic mass is 10.3. The highest BCUT2D eigenvalue weighted by atomic mass is 32.1. The second-order valence-corrected chi connectivity index (χ2v) is 2.27. The Hall–Kier alpha value is -0.880. The van der Waals surface area contributed by atoms with E-state index in [-0.39, 0.29) is 11.1 Å². The molecule has 5 nitrogen and oxygen atoms in total. The molecule has 0 aliphatic rings. The fraction of sp³-hybridized carbons (Fsp3) is 0.600. The number of nitrogens with one attached hydrogen (secondary N) is 2. The van der Waals surface area contributed by atoms with Crippen molar-refractivity contribution in [2.75, 3.05) is 7.11 Å². The van der Waals surface area contributed by atoms with Gasteiger partial charge in [-0.3, -0.25) is 0 Å². The Morgan fingerprint density at radius 3 is 2.64 bits per heavy atom. The van der Waals surface area contributed by atoms with Crippen LogP contribution in [0.25, 0.3) is 0 Å². The molecule has 4 N–H and O–H groups in total. The predicted molar refractivity (Wildman–Crippen MR) is 44.5 cm³/mol. The maximum atomic E-state index is 10.8. The Morgan fingerprint density at radius 2 is 2.27 bits per heavy atom. The lowest BCUT2D eigenvalue weighted by Crippen LogP contribution is -2.47. The van der Waals surface area contributed by atoms with Gasteiger partial charge < -0.3 is 15.5 Å². The molecule has 0 spiro atoms. The number of nitrogens with two attached hydrogens (primary N) is 1. The summed E-state index contributed by atoms with van der Waals surface area (Å²) in [5, 5.41) is 2.81. The average molecular weight is 177 g/mol. The maximum Gasteiger partial charge on any atom is 0.328 e. The van der Waals surface area contributed by atoms with E-state index < -0.39 is 6.04 Å². The zero-order valence-electron chi connectivity index (χ0n) is 6.38. The van der Waals surface area contributed by atoms with Crippen LogP contribution in [0.1, 0.15) is 6.92 Å². The van der Waals surface area contributed by atoms with E-state index in [1.807, 2.05) is 0 Å². The first-order valence-electron chi connectivity index (χ1n) is 2.96. The molecule has 0 bridgehead atoms. The second kappa shape index (κ2) is 4.86. The molecule has 1 unspecified atom stereocenters. The molecule has 6 heteroatoms. The Labute approximate surface area is 70.2 Å². The SMILES string of the molecule is COC(=O)C(C)NC(=S)NN. The van der Waals surface area contributed by atoms with Crippen LogP contribution in [0.5, 0.6) is 0 Å². The summed E-state index contributed by atoms with van der Waals surface area (Å²) in [6.07, 6.45) is 0. The zero-order valence-corrected chi connectivity index (χ0v) is 7.20. The van der Waals surface area contributed by atoms with Gasteiger partial charge in [0, 0.05) is 0 Å². The Bertz CT molecular complexity index is 162. The molecule has 0 rings (SSSR count). The Balaban J connectivity index is 3.77. The first-order valence-corrected chi connectivity index (χ1v) is 3.37. The number of ether oxygens (including phenoxy) is 1. The molecule has 64 valence electrons. The van der Waals surface area contributed by atoms with Gasteiger partial charge in [0.05, 0.1) is 7.11 Å². The van der Waals surface area contributed by atoms with E-state index in [1.54, 1.807) is 6.92 Å². The van der Waals surface area contributed by atoms with E-state index in [0.29, 0.717) is 0 Å². The summed E-state index contributed by atoms with van der Waals surface area (Å²) in [5.74, 6) is 4.57. The summed E-state index contributed by atoms with van der Waals surface area (Å²) < 4.78 is 4.43. The van der Waals surface area contributed by atoms with E-state index in [0.717, 1.165) is 0 Å². The highest BCUT2D eigenvalue weighted by Crippen LogP contribution is 1.84. The number of esters is 1. The van der Waals surface area contributed by atoms with Crippen molar-refractivity contribution >= 4 is 23.3 Å². The number of carbonyl (C=O) groups is 1. The van der Waals surface area contributed by atoms with Crippen LogP contribution in [0, 0.1) is 0 Å². The fourth-order valence-corrected chi connectivity index (χ4v) is 0.651. The molecule has 11 heavy (non-hydrogen) atoms. The summed E-state index contributed by atoms with van der Waals surface area (Å²) in [5.41, 5.74) is 2.19. The van der Waals surface area contributed by atoms with Crippen LogP contribution in [0.2, 0.25) is 0 Å². The molecule has 0 fully saturated rings. The fourth-order valence-electron chi connectivity index (χ4n) is 0.474. The van der Waals surface area contributed by atoms with Crippen molar-refractivity contribution < 1.29 is 9.53 Å². The summed E-state index contributed by atoms with van der Waals surface area (Å²) >= 11 is 4.64. The summed E-state index contributed by atoms with van der Waals surface area (Å²) in [4.78, 5) is 10.8. The normalized spacial score (nSPS) is 11.5. The Kier molecular flexibility index (Phi) is 4.47. The molecule has 0 aromatic heterocycles. The minimum atomic E-state index is -0.483. The van der Waals surface area contributed by atoms with Gasteiger partial charge in [0.15, 0.2) is 5.11 Å². The molecule has 0 saturated heterocycles. The average Bonchev–Trinajstić information content (AvgIpc) is 2.02. The van der Waals surface area contributed by atoms with Gasteiger partial charge in [0.2, 0.25) is 0 Å². The minimum absolute atomic E-state index is 0.211. The van der Waals surface area contributed by atoms with Crippen molar-refractivity contribution in [1.82, 2.24) is 10.7 Å². The van der Waals surface area contributed by atoms with Gasteiger partial charge in [-0.25, -0.2) is 10.6 Å². The molecular formula is C5H11N3O2S. The maximum absolute atomic E-state index is 10.8. The third kappa shape index (κ3) is 3.74. The van der Waals surface area contributed by atoms with Crippen LogP contribution in [0.4, 0.5) is 0 Å². The quantitative estimate of drug-likeness (QED) is 0.215. The number of hydrogen-bond acceptors (Lipinski definition) is 4. The minimum Gasteiger partial charge on any atom is -0.467 e. The Morgan fingerprint density at radius 1 is 1.73 bits per heavy atom. The molecule has 0 saturated carbocycles. The first-order chi connectivity index (χ1) is 5.11. The molecule has 0 heterocycles. The van der Waals surface area contributed by atoms with E-state index in [1.165, 1.54) is 7.11 Å².